The molecule has 152 valence electrons. The minimum Gasteiger partial charge on any atom is -0.344 e. The Kier molecular flexibility index (Phi) is 7.07. The fourth-order valence-electron chi connectivity index (χ4n) is 2.43. The van der Waals surface area contributed by atoms with Crippen molar-refractivity contribution in [3.8, 4) is 0 Å². The maximum absolute atomic E-state index is 12.5. The normalized spacial score (nSPS) is 11.7. The first-order chi connectivity index (χ1) is 13.1. The van der Waals surface area contributed by atoms with Crippen molar-refractivity contribution in [3.63, 3.8) is 0 Å². The van der Waals surface area contributed by atoms with Crippen molar-refractivity contribution in [2.75, 3.05) is 13.3 Å². The second-order valence-electron chi connectivity index (χ2n) is 6.36. The summed E-state index contributed by atoms with van der Waals surface area (Å²) in [7, 11) is -2.74. The van der Waals surface area contributed by atoms with Gasteiger partial charge in [0.05, 0.1) is 12.0 Å². The number of aromatic nitrogens is 1. The Morgan fingerprint density at radius 1 is 1.29 bits per heavy atom. The molecule has 3 amide bonds. The topological polar surface area (TPSA) is 117 Å². The van der Waals surface area contributed by atoms with Crippen molar-refractivity contribution in [2.45, 2.75) is 35.6 Å². The third kappa shape index (κ3) is 5.46. The summed E-state index contributed by atoms with van der Waals surface area (Å²) in [6.07, 6.45) is 3.40. The second kappa shape index (κ2) is 8.93. The van der Waals surface area contributed by atoms with Crippen molar-refractivity contribution < 1.29 is 18.0 Å². The van der Waals surface area contributed by atoms with Gasteiger partial charge >= 0.3 is 6.03 Å². The molecular formula is C17H22N4O4S3. The maximum atomic E-state index is 12.5. The summed E-state index contributed by atoms with van der Waals surface area (Å²) < 4.78 is 27.0. The van der Waals surface area contributed by atoms with Crippen LogP contribution in [-0.4, -0.2) is 38.6 Å². The lowest BCUT2D eigenvalue weighted by Crippen LogP contribution is -2.41. The van der Waals surface area contributed by atoms with Gasteiger partial charge in [0, 0.05) is 23.5 Å². The van der Waals surface area contributed by atoms with Gasteiger partial charge in [-0.3, -0.25) is 4.79 Å². The van der Waals surface area contributed by atoms with E-state index in [1.54, 1.807) is 24.6 Å². The fraction of sp³-hybridized carbons (Fsp3) is 0.353. The zero-order valence-corrected chi connectivity index (χ0v) is 18.3. The van der Waals surface area contributed by atoms with E-state index in [0.717, 1.165) is 5.01 Å². The van der Waals surface area contributed by atoms with Crippen LogP contribution in [0.5, 0.6) is 0 Å². The highest BCUT2D eigenvalue weighted by atomic mass is 32.2. The number of sulfonamides is 1. The van der Waals surface area contributed by atoms with Gasteiger partial charge < -0.3 is 10.6 Å². The van der Waals surface area contributed by atoms with Crippen LogP contribution in [0.4, 0.5) is 4.79 Å². The van der Waals surface area contributed by atoms with Gasteiger partial charge in [0.2, 0.25) is 5.91 Å². The Bertz CT molecular complexity index is 957. The van der Waals surface area contributed by atoms with E-state index in [1.165, 1.54) is 36.2 Å². The van der Waals surface area contributed by atoms with E-state index in [1.807, 2.05) is 23.9 Å². The zero-order valence-electron chi connectivity index (χ0n) is 15.9. The van der Waals surface area contributed by atoms with Gasteiger partial charge in [-0.05, 0) is 37.8 Å². The van der Waals surface area contributed by atoms with Crippen LogP contribution >= 0.6 is 23.1 Å². The molecule has 1 heterocycles. The molecule has 0 unspecified atom stereocenters. The predicted molar refractivity (Wildman–Crippen MR) is 110 cm³/mol. The minimum absolute atomic E-state index is 0.00798. The van der Waals surface area contributed by atoms with Crippen molar-refractivity contribution in [2.24, 2.45) is 0 Å². The quantitative estimate of drug-likeness (QED) is 0.565. The molecule has 28 heavy (non-hydrogen) atoms. The van der Waals surface area contributed by atoms with E-state index >= 15 is 0 Å². The predicted octanol–water partition coefficient (Wildman–Crippen LogP) is 2.08. The average Bonchev–Trinajstić information content (AvgIpc) is 3.16. The van der Waals surface area contributed by atoms with E-state index < -0.39 is 21.6 Å². The molecule has 1 aromatic carbocycles. The van der Waals surface area contributed by atoms with Crippen LogP contribution in [0, 0.1) is 0 Å². The number of thioether (sulfide) groups is 1. The molecule has 0 fully saturated rings. The molecule has 0 spiro atoms. The molecule has 11 heteroatoms. The van der Waals surface area contributed by atoms with Crippen molar-refractivity contribution in [3.05, 3.63) is 40.3 Å². The summed E-state index contributed by atoms with van der Waals surface area (Å²) in [5, 5.41) is 7.73. The Hall–Kier alpha value is -2.11. The molecule has 3 N–H and O–H groups in total. The van der Waals surface area contributed by atoms with Crippen LogP contribution in [0.25, 0.3) is 0 Å². The van der Waals surface area contributed by atoms with Crippen LogP contribution in [0.15, 0.2) is 39.6 Å². The van der Waals surface area contributed by atoms with Crippen molar-refractivity contribution in [1.29, 1.82) is 0 Å². The summed E-state index contributed by atoms with van der Waals surface area (Å²) in [6, 6.07) is 3.89. The smallest absolute Gasteiger partial charge is 0.328 e. The first-order valence-electron chi connectivity index (χ1n) is 8.21. The van der Waals surface area contributed by atoms with Crippen LogP contribution in [0.3, 0.4) is 0 Å². The van der Waals surface area contributed by atoms with Crippen LogP contribution in [0.1, 0.15) is 24.4 Å². The molecule has 0 aliphatic heterocycles. The Labute approximate surface area is 172 Å². The minimum atomic E-state index is -4.07. The number of rotatable bonds is 7. The first kappa shape index (κ1) is 22.2. The number of amides is 3. The van der Waals surface area contributed by atoms with Crippen molar-refractivity contribution >= 4 is 45.1 Å². The number of nitrogens with zero attached hydrogens (tertiary/aromatic N) is 1. The fourth-order valence-corrected chi connectivity index (χ4v) is 5.29. The van der Waals surface area contributed by atoms with E-state index in [-0.39, 0.29) is 17.2 Å². The third-order valence-corrected chi connectivity index (χ3v) is 7.15. The SMILES string of the molecule is CNC(=O)NS(=O)(=O)c1cc(CC(=O)NC(C)(C)c2nccs2)ccc1SC. The number of carbonyl (C=O) groups is 2. The lowest BCUT2D eigenvalue weighted by atomic mass is 10.1. The maximum Gasteiger partial charge on any atom is 0.328 e. The highest BCUT2D eigenvalue weighted by Gasteiger charge is 2.26. The van der Waals surface area contributed by atoms with Crippen molar-refractivity contribution in [1.82, 2.24) is 20.3 Å². The highest BCUT2D eigenvalue weighted by molar-refractivity contribution is 7.99. The molecule has 0 saturated carbocycles. The molecule has 0 atom stereocenters. The van der Waals surface area contributed by atoms with Crippen LogP contribution in [-0.2, 0) is 26.8 Å². The molecule has 2 aromatic rings. The zero-order chi connectivity index (χ0) is 20.9. The molecule has 0 radical (unpaired) electrons. The monoisotopic (exact) mass is 442 g/mol. The van der Waals surface area contributed by atoms with Crippen LogP contribution < -0.4 is 15.4 Å². The molecule has 0 aliphatic rings. The highest BCUT2D eigenvalue weighted by Crippen LogP contribution is 2.27. The van der Waals surface area contributed by atoms with E-state index in [9.17, 15) is 18.0 Å². The van der Waals surface area contributed by atoms with Crippen LogP contribution in [0.2, 0.25) is 0 Å². The number of urea groups is 1. The average molecular weight is 443 g/mol. The number of carbonyl (C=O) groups excluding carboxylic acids is 2. The van der Waals surface area contributed by atoms with E-state index in [0.29, 0.717) is 10.5 Å². The van der Waals surface area contributed by atoms with Gasteiger partial charge in [0.25, 0.3) is 10.0 Å². The number of hydrogen-bond donors (Lipinski definition) is 3. The molecule has 0 aliphatic carbocycles. The number of benzene rings is 1. The lowest BCUT2D eigenvalue weighted by Gasteiger charge is -2.24. The van der Waals surface area contributed by atoms with Gasteiger partial charge in [-0.15, -0.1) is 23.1 Å². The van der Waals surface area contributed by atoms with Gasteiger partial charge in [-0.2, -0.15) is 0 Å². The number of nitrogens with one attached hydrogen (secondary N) is 3. The third-order valence-electron chi connectivity index (χ3n) is 3.76. The largest absolute Gasteiger partial charge is 0.344 e. The summed E-state index contributed by atoms with van der Waals surface area (Å²) in [5.41, 5.74) is -0.123. The van der Waals surface area contributed by atoms with E-state index in [2.05, 4.69) is 15.6 Å². The van der Waals surface area contributed by atoms with Gasteiger partial charge in [0.15, 0.2) is 0 Å². The van der Waals surface area contributed by atoms with Gasteiger partial charge in [0.1, 0.15) is 9.90 Å². The Balaban J connectivity index is 2.23. The molecule has 0 bridgehead atoms. The standard InChI is InChI=1S/C17H22N4O4S3/c1-17(2,15-19-7-8-27-15)20-14(22)10-11-5-6-12(26-4)13(9-11)28(24,25)21-16(23)18-3/h5-9H,10H2,1-4H3,(H,20,22)(H2,18,21,23). The van der Waals surface area contributed by atoms with E-state index in [4.69, 9.17) is 0 Å². The Morgan fingerprint density at radius 3 is 2.57 bits per heavy atom. The molecule has 8 nitrogen and oxygen atoms in total. The van der Waals surface area contributed by atoms with Gasteiger partial charge in [-0.1, -0.05) is 6.07 Å². The number of hydrogen-bond acceptors (Lipinski definition) is 7. The number of thiazole rings is 1. The summed E-state index contributed by atoms with van der Waals surface area (Å²) >= 11 is 2.68. The Morgan fingerprint density at radius 2 is 2.00 bits per heavy atom. The molecule has 0 saturated heterocycles. The molecular weight excluding hydrogens is 420 g/mol. The summed E-state index contributed by atoms with van der Waals surface area (Å²) in [6.45, 7) is 3.70. The summed E-state index contributed by atoms with van der Waals surface area (Å²) in [5.74, 6) is -0.264. The first-order valence-corrected chi connectivity index (χ1v) is 11.8. The molecule has 2 rings (SSSR count). The lowest BCUT2D eigenvalue weighted by molar-refractivity contribution is -0.122. The van der Waals surface area contributed by atoms with Gasteiger partial charge in [-0.25, -0.2) is 22.9 Å². The summed E-state index contributed by atoms with van der Waals surface area (Å²) in [4.78, 5) is 28.6. The second-order valence-corrected chi connectivity index (χ2v) is 9.75. The molecule has 1 aromatic heterocycles.